The highest BCUT2D eigenvalue weighted by molar-refractivity contribution is 6.19. The average Bonchev–Trinajstić information content (AvgIpc) is 2.89. The average molecular weight is 484 g/mol. The molecule has 6 heteroatoms. The van der Waals surface area contributed by atoms with E-state index in [0.717, 1.165) is 38.2 Å². The first kappa shape index (κ1) is 23.5. The maximum Gasteiger partial charge on any atom is 0.262 e. The molecule has 0 saturated heterocycles. The lowest BCUT2D eigenvalue weighted by atomic mass is 9.93. The largest absolute Gasteiger partial charge is 0.493 e. The number of aromatic nitrogens is 1. The minimum atomic E-state index is -0.157. The van der Waals surface area contributed by atoms with Gasteiger partial charge in [-0.25, -0.2) is 0 Å². The molecule has 0 aliphatic rings. The van der Waals surface area contributed by atoms with Gasteiger partial charge in [0, 0.05) is 28.8 Å². The van der Waals surface area contributed by atoms with Gasteiger partial charge in [0.1, 0.15) is 0 Å². The molecule has 6 nitrogen and oxygen atoms in total. The van der Waals surface area contributed by atoms with Crippen LogP contribution in [0, 0.1) is 0 Å². The molecule has 184 valence electrons. The van der Waals surface area contributed by atoms with E-state index in [2.05, 4.69) is 12.1 Å². The third kappa shape index (κ3) is 3.52. The highest BCUT2D eigenvalue weighted by Gasteiger charge is 2.23. The molecule has 5 rings (SSSR count). The predicted molar refractivity (Wildman–Crippen MR) is 145 cm³/mol. The fourth-order valence-corrected chi connectivity index (χ4v) is 5.02. The lowest BCUT2D eigenvalue weighted by molar-refractivity contribution is 0.233. The first-order valence-corrected chi connectivity index (χ1v) is 11.8. The molecule has 0 bridgehead atoms. The number of benzene rings is 4. The van der Waals surface area contributed by atoms with Gasteiger partial charge in [-0.15, -0.1) is 0 Å². The Morgan fingerprint density at radius 1 is 0.722 bits per heavy atom. The van der Waals surface area contributed by atoms with Crippen LogP contribution in [0.3, 0.4) is 0 Å². The van der Waals surface area contributed by atoms with Crippen LogP contribution in [0.15, 0.2) is 65.5 Å². The number of aryl methyl sites for hydroxylation is 1. The molecule has 5 aromatic rings. The number of hydrogen-bond donors (Lipinski definition) is 0. The van der Waals surface area contributed by atoms with E-state index >= 15 is 0 Å². The van der Waals surface area contributed by atoms with Gasteiger partial charge in [-0.1, -0.05) is 42.5 Å². The third-order valence-corrected chi connectivity index (χ3v) is 6.54. The highest BCUT2D eigenvalue weighted by atomic mass is 16.5. The van der Waals surface area contributed by atoms with Crippen molar-refractivity contribution in [2.45, 2.75) is 20.0 Å². The van der Waals surface area contributed by atoms with E-state index in [0.29, 0.717) is 28.4 Å². The van der Waals surface area contributed by atoms with Crippen LogP contribution in [-0.4, -0.2) is 32.0 Å². The summed E-state index contributed by atoms with van der Waals surface area (Å²) in [7, 11) is 6.64. The van der Waals surface area contributed by atoms with Gasteiger partial charge in [0.15, 0.2) is 23.0 Å². The number of hydrogen-bond acceptors (Lipinski definition) is 5. The molecule has 0 aliphatic heterocycles. The van der Waals surface area contributed by atoms with E-state index in [1.807, 2.05) is 62.4 Å². The Morgan fingerprint density at radius 2 is 1.39 bits per heavy atom. The van der Waals surface area contributed by atoms with Gasteiger partial charge in [0.05, 0.1) is 38.3 Å². The molecular formula is C30H29NO5. The molecule has 0 N–H and O–H groups in total. The maximum atomic E-state index is 13.9. The van der Waals surface area contributed by atoms with Crippen LogP contribution in [0.5, 0.6) is 23.0 Å². The Kier molecular flexibility index (Phi) is 5.96. The molecule has 0 radical (unpaired) electrons. The van der Waals surface area contributed by atoms with Gasteiger partial charge < -0.3 is 23.5 Å². The van der Waals surface area contributed by atoms with Crippen molar-refractivity contribution >= 4 is 32.4 Å². The third-order valence-electron chi connectivity index (χ3n) is 6.54. The van der Waals surface area contributed by atoms with Gasteiger partial charge in [0.25, 0.3) is 5.56 Å². The second kappa shape index (κ2) is 9.11. The number of nitrogens with zero attached hydrogens (tertiary/aromatic N) is 1. The molecule has 0 fully saturated rings. The van der Waals surface area contributed by atoms with Crippen molar-refractivity contribution in [3.8, 4) is 34.1 Å². The summed E-state index contributed by atoms with van der Waals surface area (Å²) in [5, 5.41) is 4.10. The number of pyridine rings is 1. The van der Waals surface area contributed by atoms with Crippen molar-refractivity contribution in [1.82, 2.24) is 4.57 Å². The lowest BCUT2D eigenvalue weighted by Crippen LogP contribution is -2.19. The molecule has 0 saturated carbocycles. The van der Waals surface area contributed by atoms with Crippen LogP contribution < -0.4 is 24.5 Å². The summed E-state index contributed by atoms with van der Waals surface area (Å²) in [6, 6.07) is 19.9. The van der Waals surface area contributed by atoms with Crippen LogP contribution in [0.1, 0.15) is 13.8 Å². The topological polar surface area (TPSA) is 58.9 Å². The SMILES string of the molecule is COc1cc2c(ccc3c4ccc(OC)c(OC(C)C)c4c(=O)n(C)c23)c(-c2ccccc2)c1OC. The number of rotatable bonds is 6. The summed E-state index contributed by atoms with van der Waals surface area (Å²) >= 11 is 0. The standard InChI is InChI=1S/C30H29NO5/c1-17(2)36-29-23(33-4)15-14-19-21-13-12-20-22(27(21)31(3)30(32)26(19)29)16-24(34-5)28(35-6)25(20)18-10-8-7-9-11-18/h7-17H,1-6H3. The second-order valence-electron chi connectivity index (χ2n) is 8.96. The van der Waals surface area contributed by atoms with Crippen molar-refractivity contribution < 1.29 is 18.9 Å². The van der Waals surface area contributed by atoms with Gasteiger partial charge in [-0.3, -0.25) is 4.79 Å². The van der Waals surface area contributed by atoms with E-state index in [9.17, 15) is 4.79 Å². The van der Waals surface area contributed by atoms with Gasteiger partial charge in [-0.05, 0) is 43.0 Å². The first-order chi connectivity index (χ1) is 17.4. The van der Waals surface area contributed by atoms with E-state index < -0.39 is 0 Å². The Hall–Kier alpha value is -4.19. The fourth-order valence-electron chi connectivity index (χ4n) is 5.02. The minimum Gasteiger partial charge on any atom is -0.493 e. The smallest absolute Gasteiger partial charge is 0.262 e. The Labute approximate surface area is 209 Å². The maximum absolute atomic E-state index is 13.9. The van der Waals surface area contributed by atoms with Crippen LogP contribution in [-0.2, 0) is 7.05 Å². The van der Waals surface area contributed by atoms with E-state index in [1.165, 1.54) is 0 Å². The van der Waals surface area contributed by atoms with E-state index in [1.54, 1.807) is 32.9 Å². The molecular weight excluding hydrogens is 454 g/mol. The minimum absolute atomic E-state index is 0.119. The van der Waals surface area contributed by atoms with Gasteiger partial charge in [0.2, 0.25) is 0 Å². The number of ether oxygens (including phenoxy) is 4. The Bertz CT molecular complexity index is 1670. The summed E-state index contributed by atoms with van der Waals surface area (Å²) in [4.78, 5) is 13.9. The van der Waals surface area contributed by atoms with E-state index in [-0.39, 0.29) is 11.7 Å². The molecule has 0 atom stereocenters. The number of methoxy groups -OCH3 is 3. The summed E-state index contributed by atoms with van der Waals surface area (Å²) in [5.41, 5.74) is 2.57. The number of fused-ring (bicyclic) bond motifs is 5. The molecule has 1 heterocycles. The van der Waals surface area contributed by atoms with Crippen molar-refractivity contribution in [3.63, 3.8) is 0 Å². The zero-order valence-electron chi connectivity index (χ0n) is 21.3. The quantitative estimate of drug-likeness (QED) is 0.264. The van der Waals surface area contributed by atoms with Crippen LogP contribution in [0.4, 0.5) is 0 Å². The van der Waals surface area contributed by atoms with Crippen molar-refractivity contribution in [2.24, 2.45) is 7.05 Å². The summed E-state index contributed by atoms with van der Waals surface area (Å²) in [6.45, 7) is 3.87. The van der Waals surface area contributed by atoms with Crippen LogP contribution >= 0.6 is 0 Å². The van der Waals surface area contributed by atoms with Gasteiger partial charge in [-0.2, -0.15) is 0 Å². The predicted octanol–water partition coefficient (Wildman–Crippen LogP) is 6.32. The second-order valence-corrected chi connectivity index (χ2v) is 8.96. The zero-order chi connectivity index (χ0) is 25.6. The highest BCUT2D eigenvalue weighted by Crippen LogP contribution is 2.46. The molecule has 0 aliphatic carbocycles. The fraction of sp³-hybridized carbons (Fsp3) is 0.233. The van der Waals surface area contributed by atoms with Crippen LogP contribution in [0.25, 0.3) is 43.6 Å². The lowest BCUT2D eigenvalue weighted by Gasteiger charge is -2.20. The Balaban J connectivity index is 1.99. The van der Waals surface area contributed by atoms with Crippen molar-refractivity contribution in [1.29, 1.82) is 0 Å². The molecule has 0 amide bonds. The summed E-state index contributed by atoms with van der Waals surface area (Å²) in [6.07, 6.45) is -0.119. The van der Waals surface area contributed by atoms with Crippen molar-refractivity contribution in [2.75, 3.05) is 21.3 Å². The zero-order valence-corrected chi connectivity index (χ0v) is 21.3. The first-order valence-electron chi connectivity index (χ1n) is 11.8. The molecule has 1 aromatic heterocycles. The molecule has 0 spiro atoms. The molecule has 4 aromatic carbocycles. The van der Waals surface area contributed by atoms with Crippen molar-refractivity contribution in [3.05, 3.63) is 71.0 Å². The summed E-state index contributed by atoms with van der Waals surface area (Å²) in [5.74, 6) is 2.25. The monoisotopic (exact) mass is 483 g/mol. The normalized spacial score (nSPS) is 11.4. The Morgan fingerprint density at radius 3 is 2.03 bits per heavy atom. The van der Waals surface area contributed by atoms with E-state index in [4.69, 9.17) is 18.9 Å². The molecule has 36 heavy (non-hydrogen) atoms. The van der Waals surface area contributed by atoms with Crippen LogP contribution in [0.2, 0.25) is 0 Å². The van der Waals surface area contributed by atoms with Gasteiger partial charge >= 0.3 is 0 Å². The molecule has 0 unspecified atom stereocenters. The summed E-state index contributed by atoms with van der Waals surface area (Å²) < 4.78 is 24.9.